The molecule has 3 N–H and O–H groups in total. The van der Waals surface area contributed by atoms with Gasteiger partial charge in [-0.25, -0.2) is 4.79 Å². The predicted molar refractivity (Wildman–Crippen MR) is 69.7 cm³/mol. The first-order valence-corrected chi connectivity index (χ1v) is 7.19. The summed E-state index contributed by atoms with van der Waals surface area (Å²) in [6.07, 6.45) is 8.23. The highest BCUT2D eigenvalue weighted by Gasteiger charge is 2.49. The Labute approximate surface area is 111 Å². The van der Waals surface area contributed by atoms with Crippen LogP contribution in [0.5, 0.6) is 0 Å². The summed E-state index contributed by atoms with van der Waals surface area (Å²) in [4.78, 5) is 11.1. The number of nitrogens with two attached hydrogens (primary N) is 1. The Morgan fingerprint density at radius 2 is 1.79 bits per heavy atom. The highest BCUT2D eigenvalue weighted by Crippen LogP contribution is 2.58. The van der Waals surface area contributed by atoms with Gasteiger partial charge >= 0.3 is 5.97 Å². The van der Waals surface area contributed by atoms with Crippen molar-refractivity contribution in [2.45, 2.75) is 38.1 Å². The van der Waals surface area contributed by atoms with Gasteiger partial charge in [-0.1, -0.05) is 0 Å². The number of carboxylic acid groups (broad SMARTS) is 1. The van der Waals surface area contributed by atoms with Crippen LogP contribution in [-0.4, -0.2) is 20.9 Å². The van der Waals surface area contributed by atoms with E-state index in [2.05, 4.69) is 5.10 Å². The van der Waals surface area contributed by atoms with E-state index in [0.717, 1.165) is 11.8 Å². The second-order valence-electron chi connectivity index (χ2n) is 6.63. The highest BCUT2D eigenvalue weighted by molar-refractivity contribution is 5.92. The van der Waals surface area contributed by atoms with Crippen molar-refractivity contribution < 1.29 is 9.90 Å². The van der Waals surface area contributed by atoms with Crippen molar-refractivity contribution in [1.29, 1.82) is 0 Å². The fourth-order valence-electron chi connectivity index (χ4n) is 5.05. The summed E-state index contributed by atoms with van der Waals surface area (Å²) in [5.74, 6) is 2.35. The minimum absolute atomic E-state index is 0.147. The number of rotatable bonds is 2. The number of nitrogen functional groups attached to an aromatic ring is 1. The van der Waals surface area contributed by atoms with E-state index >= 15 is 0 Å². The average Bonchev–Trinajstić information content (AvgIpc) is 2.69. The zero-order valence-electron chi connectivity index (χ0n) is 10.8. The van der Waals surface area contributed by atoms with Crippen molar-refractivity contribution in [2.24, 2.45) is 23.7 Å². The number of aromatic nitrogens is 2. The van der Waals surface area contributed by atoms with Crippen LogP contribution in [0.2, 0.25) is 0 Å². The van der Waals surface area contributed by atoms with Crippen LogP contribution >= 0.6 is 0 Å². The third kappa shape index (κ3) is 1.60. The van der Waals surface area contributed by atoms with Crippen molar-refractivity contribution in [3.05, 3.63) is 11.8 Å². The van der Waals surface area contributed by atoms with Crippen LogP contribution < -0.4 is 5.73 Å². The second kappa shape index (κ2) is 3.74. The van der Waals surface area contributed by atoms with Crippen molar-refractivity contribution in [1.82, 2.24) is 9.78 Å². The minimum Gasteiger partial charge on any atom is -0.477 e. The molecule has 102 valence electrons. The Morgan fingerprint density at radius 1 is 1.21 bits per heavy atom. The van der Waals surface area contributed by atoms with Gasteiger partial charge in [-0.2, -0.15) is 5.10 Å². The lowest BCUT2D eigenvalue weighted by Gasteiger charge is -2.54. The predicted octanol–water partition coefficient (Wildman–Crippen LogP) is 2.16. The maximum atomic E-state index is 11.1. The van der Waals surface area contributed by atoms with Crippen LogP contribution in [0.25, 0.3) is 0 Å². The molecule has 0 radical (unpaired) electrons. The quantitative estimate of drug-likeness (QED) is 0.854. The van der Waals surface area contributed by atoms with Gasteiger partial charge in [0.15, 0.2) is 5.82 Å². The van der Waals surface area contributed by atoms with Gasteiger partial charge in [-0.05, 0) is 55.8 Å². The molecule has 1 aromatic rings. The molecule has 1 heterocycles. The SMILES string of the molecule is Nc1nn(C2C3CC4CC(C3)CC2C4)cc1C(=O)O. The molecule has 5 nitrogen and oxygen atoms in total. The summed E-state index contributed by atoms with van der Waals surface area (Å²) >= 11 is 0. The van der Waals surface area contributed by atoms with Gasteiger partial charge in [-0.3, -0.25) is 4.68 Å². The standard InChI is InChI=1S/C14H19N3O2/c15-13-11(14(18)19)6-17(16-13)12-9-2-7-1-8(4-9)5-10(12)3-7/h6-10,12H,1-5H2,(H2,15,16)(H,18,19). The molecule has 5 heteroatoms. The molecule has 4 aliphatic carbocycles. The lowest BCUT2D eigenvalue weighted by atomic mass is 9.54. The van der Waals surface area contributed by atoms with Crippen molar-refractivity contribution in [2.75, 3.05) is 5.73 Å². The molecule has 5 rings (SSSR count). The maximum Gasteiger partial charge on any atom is 0.341 e. The third-order valence-corrected chi connectivity index (χ3v) is 5.47. The largest absolute Gasteiger partial charge is 0.477 e. The molecule has 0 aliphatic heterocycles. The van der Waals surface area contributed by atoms with Crippen LogP contribution in [0.1, 0.15) is 48.5 Å². The Balaban J connectivity index is 1.69. The van der Waals surface area contributed by atoms with Crippen LogP contribution in [0.15, 0.2) is 6.20 Å². The van der Waals surface area contributed by atoms with Gasteiger partial charge in [0.2, 0.25) is 0 Å². The minimum atomic E-state index is -0.979. The fourth-order valence-corrected chi connectivity index (χ4v) is 5.05. The highest BCUT2D eigenvalue weighted by atomic mass is 16.4. The summed E-state index contributed by atoms with van der Waals surface area (Å²) in [6.45, 7) is 0. The first-order valence-electron chi connectivity index (χ1n) is 7.19. The summed E-state index contributed by atoms with van der Waals surface area (Å²) < 4.78 is 1.87. The van der Waals surface area contributed by atoms with Crippen molar-refractivity contribution >= 4 is 11.8 Å². The van der Waals surface area contributed by atoms with E-state index in [4.69, 9.17) is 10.8 Å². The number of carbonyl (C=O) groups is 1. The van der Waals surface area contributed by atoms with Gasteiger partial charge in [0.05, 0.1) is 6.04 Å². The van der Waals surface area contributed by atoms with Gasteiger partial charge in [0.1, 0.15) is 5.56 Å². The number of hydrogen-bond donors (Lipinski definition) is 2. The van der Waals surface area contributed by atoms with E-state index in [9.17, 15) is 4.79 Å². The second-order valence-corrected chi connectivity index (χ2v) is 6.63. The molecule has 0 saturated heterocycles. The summed E-state index contributed by atoms with van der Waals surface area (Å²) in [5.41, 5.74) is 5.87. The zero-order valence-corrected chi connectivity index (χ0v) is 10.8. The number of carboxylic acids is 1. The molecule has 1 aromatic heterocycles. The van der Waals surface area contributed by atoms with E-state index in [-0.39, 0.29) is 11.4 Å². The molecule has 4 aliphatic rings. The van der Waals surface area contributed by atoms with E-state index < -0.39 is 5.97 Å². The number of hydrogen-bond acceptors (Lipinski definition) is 3. The van der Waals surface area contributed by atoms with Crippen LogP contribution in [0, 0.1) is 23.7 Å². The first kappa shape index (κ1) is 11.3. The van der Waals surface area contributed by atoms with E-state index in [1.807, 2.05) is 4.68 Å². The van der Waals surface area contributed by atoms with Crippen LogP contribution in [-0.2, 0) is 0 Å². The molecule has 4 bridgehead atoms. The lowest BCUT2D eigenvalue weighted by Crippen LogP contribution is -2.46. The molecule has 0 atom stereocenters. The van der Waals surface area contributed by atoms with Gasteiger partial charge in [-0.15, -0.1) is 0 Å². The van der Waals surface area contributed by atoms with Crippen LogP contribution in [0.3, 0.4) is 0 Å². The molecule has 0 spiro atoms. The van der Waals surface area contributed by atoms with E-state index in [0.29, 0.717) is 17.9 Å². The van der Waals surface area contributed by atoms with Gasteiger partial charge in [0.25, 0.3) is 0 Å². The smallest absolute Gasteiger partial charge is 0.341 e. The first-order chi connectivity index (χ1) is 9.11. The van der Waals surface area contributed by atoms with Crippen molar-refractivity contribution in [3.8, 4) is 0 Å². The summed E-state index contributed by atoms with van der Waals surface area (Å²) in [6, 6.07) is 0.378. The maximum absolute atomic E-state index is 11.1. The Hall–Kier alpha value is -1.52. The molecule has 0 aromatic carbocycles. The lowest BCUT2D eigenvalue weighted by molar-refractivity contribution is -0.0335. The van der Waals surface area contributed by atoms with E-state index in [1.165, 1.54) is 32.1 Å². The summed E-state index contributed by atoms with van der Waals surface area (Å²) in [7, 11) is 0. The molecular formula is C14H19N3O2. The Morgan fingerprint density at radius 3 is 2.26 bits per heavy atom. The molecule has 4 saturated carbocycles. The van der Waals surface area contributed by atoms with Gasteiger partial charge in [0, 0.05) is 6.20 Å². The topological polar surface area (TPSA) is 81.1 Å². The van der Waals surface area contributed by atoms with Crippen LogP contribution in [0.4, 0.5) is 5.82 Å². The molecule has 19 heavy (non-hydrogen) atoms. The van der Waals surface area contributed by atoms with E-state index in [1.54, 1.807) is 6.20 Å². The molecule has 4 fully saturated rings. The monoisotopic (exact) mass is 261 g/mol. The zero-order chi connectivity index (χ0) is 13.1. The fraction of sp³-hybridized carbons (Fsp3) is 0.714. The molecule has 0 unspecified atom stereocenters. The third-order valence-electron chi connectivity index (χ3n) is 5.47. The number of nitrogens with zero attached hydrogens (tertiary/aromatic N) is 2. The molecule has 0 amide bonds. The summed E-state index contributed by atoms with van der Waals surface area (Å²) in [5, 5.41) is 13.4. The Bertz CT molecular complexity index is 509. The van der Waals surface area contributed by atoms with Gasteiger partial charge < -0.3 is 10.8 Å². The Kier molecular flexibility index (Phi) is 2.23. The number of aromatic carboxylic acids is 1. The average molecular weight is 261 g/mol. The van der Waals surface area contributed by atoms with Crippen molar-refractivity contribution in [3.63, 3.8) is 0 Å². The molecular weight excluding hydrogens is 242 g/mol. The normalized spacial score (nSPS) is 39.7. The number of anilines is 1.